The quantitative estimate of drug-likeness (QED) is 0.881. The zero-order chi connectivity index (χ0) is 14.8. The number of phenols is 1. The van der Waals surface area contributed by atoms with Crippen molar-refractivity contribution in [2.24, 2.45) is 0 Å². The van der Waals surface area contributed by atoms with Crippen molar-refractivity contribution in [1.29, 1.82) is 0 Å². The van der Waals surface area contributed by atoms with Crippen LogP contribution >= 0.6 is 15.9 Å². The molecule has 0 fully saturated rings. The maximum atomic E-state index is 12.2. The predicted molar refractivity (Wildman–Crippen MR) is 79.6 cm³/mol. The van der Waals surface area contributed by atoms with Crippen molar-refractivity contribution >= 4 is 31.6 Å². The van der Waals surface area contributed by atoms with E-state index >= 15 is 0 Å². The van der Waals surface area contributed by atoms with E-state index in [4.69, 9.17) is 4.74 Å². The number of ether oxygens (including phenoxy) is 1. The van der Waals surface area contributed by atoms with Crippen molar-refractivity contribution in [2.45, 2.75) is 4.90 Å². The Morgan fingerprint density at radius 2 is 1.80 bits per heavy atom. The normalized spacial score (nSPS) is 11.1. The summed E-state index contributed by atoms with van der Waals surface area (Å²) >= 11 is 3.28. The van der Waals surface area contributed by atoms with Gasteiger partial charge in [0.25, 0.3) is 10.0 Å². The van der Waals surface area contributed by atoms with Crippen molar-refractivity contribution in [3.63, 3.8) is 0 Å². The van der Waals surface area contributed by atoms with Gasteiger partial charge in [0.05, 0.1) is 17.7 Å². The average molecular weight is 358 g/mol. The number of methoxy groups -OCH3 is 1. The van der Waals surface area contributed by atoms with Gasteiger partial charge in [-0.2, -0.15) is 0 Å². The first-order valence-corrected chi connectivity index (χ1v) is 7.85. The number of halogens is 1. The highest BCUT2D eigenvalue weighted by molar-refractivity contribution is 9.10. The molecule has 0 radical (unpaired) electrons. The lowest BCUT2D eigenvalue weighted by Crippen LogP contribution is -2.13. The predicted octanol–water partition coefficient (Wildman–Crippen LogP) is 2.96. The molecule has 0 unspecified atom stereocenters. The fourth-order valence-electron chi connectivity index (χ4n) is 1.59. The molecule has 2 aromatic rings. The number of hydrogen-bond donors (Lipinski definition) is 2. The number of hydrogen-bond acceptors (Lipinski definition) is 4. The smallest absolute Gasteiger partial charge is 0.262 e. The van der Waals surface area contributed by atoms with Crippen molar-refractivity contribution < 1.29 is 18.3 Å². The zero-order valence-corrected chi connectivity index (χ0v) is 12.9. The molecule has 2 N–H and O–H groups in total. The Balaban J connectivity index is 2.37. The van der Waals surface area contributed by atoms with E-state index in [1.165, 1.54) is 31.4 Å². The van der Waals surface area contributed by atoms with Gasteiger partial charge >= 0.3 is 0 Å². The van der Waals surface area contributed by atoms with Crippen molar-refractivity contribution in [3.8, 4) is 11.5 Å². The Labute approximate surface area is 125 Å². The van der Waals surface area contributed by atoms with Crippen LogP contribution in [0, 0.1) is 0 Å². The van der Waals surface area contributed by atoms with Gasteiger partial charge in [0.15, 0.2) is 0 Å². The van der Waals surface area contributed by atoms with Gasteiger partial charge in [-0.25, -0.2) is 8.42 Å². The summed E-state index contributed by atoms with van der Waals surface area (Å²) < 4.78 is 32.7. The van der Waals surface area contributed by atoms with Crippen molar-refractivity contribution in [3.05, 3.63) is 46.9 Å². The average Bonchev–Trinajstić information content (AvgIpc) is 2.39. The third-order valence-corrected chi connectivity index (χ3v) is 4.43. The molecule has 0 heterocycles. The first-order valence-electron chi connectivity index (χ1n) is 5.58. The topological polar surface area (TPSA) is 75.6 Å². The maximum Gasteiger partial charge on any atom is 0.262 e. The molecular formula is C13H12BrNO4S. The van der Waals surface area contributed by atoms with Gasteiger partial charge in [-0.3, -0.25) is 4.72 Å². The molecule has 7 heteroatoms. The lowest BCUT2D eigenvalue weighted by molar-refractivity contribution is 0.417. The van der Waals surface area contributed by atoms with Crippen LogP contribution in [0.15, 0.2) is 51.8 Å². The minimum atomic E-state index is -3.74. The maximum absolute atomic E-state index is 12.2. The molecule has 0 saturated carbocycles. The molecule has 0 atom stereocenters. The molecule has 0 amide bonds. The van der Waals surface area contributed by atoms with Gasteiger partial charge in [0.2, 0.25) is 0 Å². The lowest BCUT2D eigenvalue weighted by Gasteiger charge is -2.12. The van der Waals surface area contributed by atoms with Crippen molar-refractivity contribution in [2.75, 3.05) is 11.8 Å². The summed E-state index contributed by atoms with van der Waals surface area (Å²) in [6.07, 6.45) is 0. The SMILES string of the molecule is COc1ccc(Br)cc1NS(=O)(=O)c1ccc(O)cc1. The summed E-state index contributed by atoms with van der Waals surface area (Å²) in [5.74, 6) is 0.416. The van der Waals surface area contributed by atoms with Gasteiger partial charge in [-0.05, 0) is 42.5 Å². The van der Waals surface area contributed by atoms with E-state index in [1.807, 2.05) is 0 Å². The van der Waals surface area contributed by atoms with E-state index in [0.717, 1.165) is 4.47 Å². The first kappa shape index (κ1) is 14.7. The number of aromatic hydroxyl groups is 1. The van der Waals surface area contributed by atoms with Crippen LogP contribution in [0.2, 0.25) is 0 Å². The Bertz CT molecular complexity index is 714. The lowest BCUT2D eigenvalue weighted by atomic mass is 10.3. The van der Waals surface area contributed by atoms with Gasteiger partial charge in [0, 0.05) is 4.47 Å². The minimum absolute atomic E-state index is 0.00369. The van der Waals surface area contributed by atoms with Crippen LogP contribution in [0.4, 0.5) is 5.69 Å². The van der Waals surface area contributed by atoms with E-state index in [2.05, 4.69) is 20.7 Å². The molecule has 2 aromatic carbocycles. The molecular weight excluding hydrogens is 346 g/mol. The van der Waals surface area contributed by atoms with Crippen LogP contribution in [-0.2, 0) is 10.0 Å². The summed E-state index contributed by atoms with van der Waals surface area (Å²) in [5.41, 5.74) is 0.329. The number of phenolic OH excluding ortho intramolecular Hbond substituents is 1. The highest BCUT2D eigenvalue weighted by Crippen LogP contribution is 2.30. The Hall–Kier alpha value is -1.73. The number of benzene rings is 2. The van der Waals surface area contributed by atoms with Crippen LogP contribution in [0.1, 0.15) is 0 Å². The van der Waals surface area contributed by atoms with E-state index in [9.17, 15) is 13.5 Å². The van der Waals surface area contributed by atoms with E-state index in [-0.39, 0.29) is 10.6 Å². The molecule has 0 aliphatic rings. The molecule has 0 aromatic heterocycles. The van der Waals surface area contributed by atoms with E-state index in [1.54, 1.807) is 18.2 Å². The van der Waals surface area contributed by atoms with Crippen LogP contribution < -0.4 is 9.46 Å². The molecule has 20 heavy (non-hydrogen) atoms. The third kappa shape index (κ3) is 3.23. The van der Waals surface area contributed by atoms with Crippen LogP contribution in [0.25, 0.3) is 0 Å². The number of anilines is 1. The summed E-state index contributed by atoms with van der Waals surface area (Å²) in [7, 11) is -2.28. The summed E-state index contributed by atoms with van der Waals surface area (Å²) in [6.45, 7) is 0. The number of sulfonamides is 1. The Morgan fingerprint density at radius 1 is 1.15 bits per heavy atom. The highest BCUT2D eigenvalue weighted by Gasteiger charge is 2.16. The number of nitrogens with one attached hydrogen (secondary N) is 1. The standard InChI is InChI=1S/C13H12BrNO4S/c1-19-13-7-2-9(14)8-12(13)15-20(17,18)11-5-3-10(16)4-6-11/h2-8,15-16H,1H3. The second-order valence-electron chi connectivity index (χ2n) is 3.94. The molecule has 2 rings (SSSR count). The van der Waals surface area contributed by atoms with Gasteiger partial charge in [-0.15, -0.1) is 0 Å². The second kappa shape index (κ2) is 5.72. The van der Waals surface area contributed by atoms with Crippen LogP contribution in [0.5, 0.6) is 11.5 Å². The van der Waals surface area contributed by atoms with E-state index < -0.39 is 10.0 Å². The molecule has 5 nitrogen and oxygen atoms in total. The van der Waals surface area contributed by atoms with E-state index in [0.29, 0.717) is 11.4 Å². The minimum Gasteiger partial charge on any atom is -0.508 e. The fraction of sp³-hybridized carbons (Fsp3) is 0.0769. The Kier molecular flexibility index (Phi) is 4.20. The third-order valence-electron chi connectivity index (χ3n) is 2.55. The monoisotopic (exact) mass is 357 g/mol. The Morgan fingerprint density at radius 3 is 2.40 bits per heavy atom. The van der Waals surface area contributed by atoms with Crippen LogP contribution in [-0.4, -0.2) is 20.6 Å². The fourth-order valence-corrected chi connectivity index (χ4v) is 3.01. The molecule has 0 bridgehead atoms. The second-order valence-corrected chi connectivity index (χ2v) is 6.54. The summed E-state index contributed by atoms with van der Waals surface area (Å²) in [5, 5.41) is 9.19. The van der Waals surface area contributed by atoms with Gasteiger partial charge in [-0.1, -0.05) is 15.9 Å². The first-order chi connectivity index (χ1) is 9.42. The molecule has 0 saturated heterocycles. The van der Waals surface area contributed by atoms with Crippen molar-refractivity contribution in [1.82, 2.24) is 0 Å². The largest absolute Gasteiger partial charge is 0.508 e. The van der Waals surface area contributed by atoms with Gasteiger partial charge in [0.1, 0.15) is 11.5 Å². The molecule has 106 valence electrons. The highest BCUT2D eigenvalue weighted by atomic mass is 79.9. The zero-order valence-electron chi connectivity index (χ0n) is 10.5. The number of rotatable bonds is 4. The molecule has 0 aliphatic heterocycles. The molecule has 0 spiro atoms. The summed E-state index contributed by atoms with van der Waals surface area (Å²) in [4.78, 5) is 0.0531. The van der Waals surface area contributed by atoms with Gasteiger partial charge < -0.3 is 9.84 Å². The molecule has 0 aliphatic carbocycles. The van der Waals surface area contributed by atoms with Crippen LogP contribution in [0.3, 0.4) is 0 Å². The summed E-state index contributed by atoms with van der Waals surface area (Å²) in [6, 6.07) is 10.3.